The van der Waals surface area contributed by atoms with E-state index in [1.54, 1.807) is 23.1 Å². The van der Waals surface area contributed by atoms with Gasteiger partial charge in [-0.3, -0.25) is 4.98 Å². The lowest BCUT2D eigenvalue weighted by atomic mass is 9.91. The van der Waals surface area contributed by atoms with Crippen molar-refractivity contribution in [3.8, 4) is 0 Å². The van der Waals surface area contributed by atoms with E-state index < -0.39 is 0 Å². The van der Waals surface area contributed by atoms with Gasteiger partial charge in [-0.05, 0) is 25.8 Å². The molecule has 138 valence electrons. The van der Waals surface area contributed by atoms with Gasteiger partial charge in [-0.2, -0.15) is 0 Å². The Kier molecular flexibility index (Phi) is 4.14. The predicted octanol–water partition coefficient (Wildman–Crippen LogP) is 3.64. The van der Waals surface area contributed by atoms with E-state index >= 15 is 0 Å². The smallest absolute Gasteiger partial charge is 0.176 e. The molecule has 0 aromatic carbocycles. The molecule has 0 atom stereocenters. The Morgan fingerprint density at radius 1 is 1.26 bits per heavy atom. The van der Waals surface area contributed by atoms with E-state index in [2.05, 4.69) is 33.2 Å². The van der Waals surface area contributed by atoms with Gasteiger partial charge in [-0.15, -0.1) is 11.3 Å². The zero-order valence-electron chi connectivity index (χ0n) is 15.1. The van der Waals surface area contributed by atoms with Crippen LogP contribution in [0.1, 0.15) is 25.5 Å². The Bertz CT molecular complexity index is 1030. The SMILES string of the molecule is CC1(N)CCN(C2=Nc3ncc(Sc4csc5cnccc45)nc3C2)CC1. The molecular weight excluding hydrogens is 376 g/mol. The fourth-order valence-electron chi connectivity index (χ4n) is 3.48. The number of nitrogens with two attached hydrogens (primary N) is 1. The molecule has 6 nitrogen and oxygen atoms in total. The molecule has 2 N–H and O–H groups in total. The van der Waals surface area contributed by atoms with Gasteiger partial charge in [0.15, 0.2) is 5.82 Å². The van der Waals surface area contributed by atoms with Crippen LogP contribution < -0.4 is 5.73 Å². The molecule has 8 heteroatoms. The topological polar surface area (TPSA) is 80.3 Å². The summed E-state index contributed by atoms with van der Waals surface area (Å²) in [5, 5.41) is 4.29. The molecule has 2 aliphatic heterocycles. The fourth-order valence-corrected chi connectivity index (χ4v) is 5.45. The number of nitrogens with zero attached hydrogens (tertiary/aromatic N) is 5. The number of piperidine rings is 1. The molecular formula is C19H20N6S2. The number of amidine groups is 1. The van der Waals surface area contributed by atoms with Gasteiger partial charge < -0.3 is 10.6 Å². The lowest BCUT2D eigenvalue weighted by Crippen LogP contribution is -2.49. The third-order valence-corrected chi connectivity index (χ3v) is 7.23. The number of fused-ring (bicyclic) bond motifs is 2. The van der Waals surface area contributed by atoms with Gasteiger partial charge in [0.2, 0.25) is 0 Å². The van der Waals surface area contributed by atoms with E-state index in [4.69, 9.17) is 15.7 Å². The second-order valence-electron chi connectivity index (χ2n) is 7.40. The van der Waals surface area contributed by atoms with E-state index in [0.717, 1.165) is 54.7 Å². The first-order valence-corrected chi connectivity index (χ1v) is 10.7. The van der Waals surface area contributed by atoms with Crippen LogP contribution in [0.3, 0.4) is 0 Å². The van der Waals surface area contributed by atoms with Crippen molar-refractivity contribution in [3.05, 3.63) is 35.7 Å². The molecule has 0 unspecified atom stereocenters. The van der Waals surface area contributed by atoms with Crippen molar-refractivity contribution >= 4 is 44.8 Å². The molecule has 27 heavy (non-hydrogen) atoms. The molecule has 2 aliphatic rings. The summed E-state index contributed by atoms with van der Waals surface area (Å²) in [6.45, 7) is 4.04. The predicted molar refractivity (Wildman–Crippen MR) is 110 cm³/mol. The van der Waals surface area contributed by atoms with Crippen molar-refractivity contribution in [2.24, 2.45) is 10.7 Å². The molecule has 0 spiro atoms. The minimum Gasteiger partial charge on any atom is -0.360 e. The Labute approximate surface area is 165 Å². The molecule has 1 saturated heterocycles. The summed E-state index contributed by atoms with van der Waals surface area (Å²) in [6.07, 6.45) is 8.30. The van der Waals surface area contributed by atoms with Crippen molar-refractivity contribution in [1.82, 2.24) is 19.9 Å². The second kappa shape index (κ2) is 6.54. The van der Waals surface area contributed by atoms with E-state index in [-0.39, 0.29) is 5.54 Å². The average Bonchev–Trinajstić information content (AvgIpc) is 3.26. The lowest BCUT2D eigenvalue weighted by Gasteiger charge is -2.37. The quantitative estimate of drug-likeness (QED) is 0.712. The summed E-state index contributed by atoms with van der Waals surface area (Å²) in [6, 6.07) is 2.05. The van der Waals surface area contributed by atoms with Crippen LogP contribution in [-0.4, -0.2) is 44.3 Å². The van der Waals surface area contributed by atoms with Gasteiger partial charge >= 0.3 is 0 Å². The van der Waals surface area contributed by atoms with Crippen LogP contribution >= 0.6 is 23.1 Å². The monoisotopic (exact) mass is 396 g/mol. The van der Waals surface area contributed by atoms with Gasteiger partial charge in [0.25, 0.3) is 0 Å². The maximum Gasteiger partial charge on any atom is 0.176 e. The van der Waals surface area contributed by atoms with Crippen molar-refractivity contribution in [1.29, 1.82) is 0 Å². The van der Waals surface area contributed by atoms with Crippen LogP contribution in [0.25, 0.3) is 10.1 Å². The van der Waals surface area contributed by atoms with Crippen molar-refractivity contribution in [2.75, 3.05) is 13.1 Å². The molecule has 0 amide bonds. The summed E-state index contributed by atoms with van der Waals surface area (Å²) in [7, 11) is 0. The molecule has 0 bridgehead atoms. The Morgan fingerprint density at radius 3 is 2.96 bits per heavy atom. The highest BCUT2D eigenvalue weighted by Gasteiger charge is 2.30. The number of likely N-dealkylation sites (tertiary alicyclic amines) is 1. The van der Waals surface area contributed by atoms with E-state index in [0.29, 0.717) is 0 Å². The first-order chi connectivity index (χ1) is 13.1. The van der Waals surface area contributed by atoms with Crippen molar-refractivity contribution in [2.45, 2.75) is 41.6 Å². The minimum absolute atomic E-state index is 0.0539. The highest BCUT2D eigenvalue weighted by molar-refractivity contribution is 7.99. The van der Waals surface area contributed by atoms with Crippen LogP contribution in [0.2, 0.25) is 0 Å². The Hall–Kier alpha value is -2.03. The number of thiophene rings is 1. The summed E-state index contributed by atoms with van der Waals surface area (Å²) in [4.78, 5) is 21.8. The molecule has 3 aromatic heterocycles. The highest BCUT2D eigenvalue weighted by atomic mass is 32.2. The second-order valence-corrected chi connectivity index (χ2v) is 9.37. The first kappa shape index (κ1) is 17.1. The molecule has 5 rings (SSSR count). The zero-order chi connectivity index (χ0) is 18.4. The van der Waals surface area contributed by atoms with Crippen molar-refractivity contribution in [3.63, 3.8) is 0 Å². The Morgan fingerprint density at radius 2 is 2.11 bits per heavy atom. The summed E-state index contributed by atoms with van der Waals surface area (Å²) >= 11 is 3.36. The van der Waals surface area contributed by atoms with Gasteiger partial charge in [0.05, 0.1) is 23.0 Å². The zero-order valence-corrected chi connectivity index (χ0v) is 16.7. The normalized spacial score (nSPS) is 18.6. The summed E-state index contributed by atoms with van der Waals surface area (Å²) in [5.74, 6) is 1.84. The average molecular weight is 397 g/mol. The number of pyridine rings is 1. The molecule has 0 aliphatic carbocycles. The molecule has 3 aromatic rings. The number of aliphatic imine (C=N–C) groups is 1. The van der Waals surface area contributed by atoms with Crippen LogP contribution in [-0.2, 0) is 6.42 Å². The summed E-state index contributed by atoms with van der Waals surface area (Å²) in [5.41, 5.74) is 7.17. The minimum atomic E-state index is -0.0539. The van der Waals surface area contributed by atoms with E-state index in [9.17, 15) is 0 Å². The van der Waals surface area contributed by atoms with Crippen molar-refractivity contribution < 1.29 is 0 Å². The molecule has 1 fully saturated rings. The van der Waals surface area contributed by atoms with Crippen LogP contribution in [0.4, 0.5) is 5.82 Å². The maximum absolute atomic E-state index is 6.25. The Balaban J connectivity index is 1.33. The number of rotatable bonds is 2. The number of hydrogen-bond donors (Lipinski definition) is 1. The standard InChI is InChI=1S/C19H20N6S2/c1-19(20)3-6-25(7-4-19)16-8-13-18(24-16)22-10-17(23-13)27-15-11-26-14-9-21-5-2-12(14)15/h2,5,9-11H,3-4,6-8,20H2,1H3. The van der Waals surface area contributed by atoms with Crippen LogP contribution in [0, 0.1) is 0 Å². The fraction of sp³-hybridized carbons (Fsp3) is 0.368. The lowest BCUT2D eigenvalue weighted by molar-refractivity contribution is 0.243. The third kappa shape index (κ3) is 3.33. The summed E-state index contributed by atoms with van der Waals surface area (Å²) < 4.78 is 1.19. The van der Waals surface area contributed by atoms with Gasteiger partial charge in [-0.1, -0.05) is 11.8 Å². The van der Waals surface area contributed by atoms with E-state index in [1.807, 2.05) is 18.6 Å². The molecule has 0 saturated carbocycles. The van der Waals surface area contributed by atoms with Gasteiger partial charge in [0.1, 0.15) is 10.9 Å². The maximum atomic E-state index is 6.25. The highest BCUT2D eigenvalue weighted by Crippen LogP contribution is 2.37. The first-order valence-electron chi connectivity index (χ1n) is 9.04. The van der Waals surface area contributed by atoms with Gasteiger partial charge in [-0.25, -0.2) is 15.0 Å². The molecule has 5 heterocycles. The largest absolute Gasteiger partial charge is 0.360 e. The molecule has 0 radical (unpaired) electrons. The number of hydrogen-bond acceptors (Lipinski definition) is 8. The van der Waals surface area contributed by atoms with Crippen LogP contribution in [0.15, 0.2) is 45.0 Å². The van der Waals surface area contributed by atoms with Gasteiger partial charge in [0, 0.05) is 46.7 Å². The van der Waals surface area contributed by atoms with E-state index in [1.165, 1.54) is 15.0 Å². The third-order valence-electron chi connectivity index (χ3n) is 5.19. The number of aromatic nitrogens is 3. The van der Waals surface area contributed by atoms with Crippen LogP contribution in [0.5, 0.6) is 0 Å².